The van der Waals surface area contributed by atoms with E-state index in [1.807, 2.05) is 51.1 Å². The quantitative estimate of drug-likeness (QED) is 0.616. The van der Waals surface area contributed by atoms with Gasteiger partial charge in [-0.15, -0.1) is 12.4 Å². The van der Waals surface area contributed by atoms with Crippen molar-refractivity contribution in [3.63, 3.8) is 0 Å². The van der Waals surface area contributed by atoms with E-state index in [1.54, 1.807) is 18.2 Å². The summed E-state index contributed by atoms with van der Waals surface area (Å²) in [5.41, 5.74) is 1.82. The third-order valence-corrected chi connectivity index (χ3v) is 4.45. The number of carbonyl (C=O) groups excluding carboxylic acids is 1. The molecule has 0 aliphatic carbocycles. The number of hydrogen-bond acceptors (Lipinski definition) is 4. The highest BCUT2D eigenvalue weighted by molar-refractivity contribution is 6.11. The maximum absolute atomic E-state index is 13.1. The topological polar surface area (TPSA) is 76.0 Å². The monoisotopic (exact) mass is 414 g/mol. The lowest BCUT2D eigenvalue weighted by Gasteiger charge is -2.14. The fraction of sp³-hybridized carbons (Fsp3) is 0.318. The summed E-state index contributed by atoms with van der Waals surface area (Å²) < 4.78 is 1.40. The van der Waals surface area contributed by atoms with Crippen molar-refractivity contribution in [2.75, 3.05) is 11.9 Å². The van der Waals surface area contributed by atoms with Crippen molar-refractivity contribution in [3.8, 4) is 0 Å². The zero-order valence-electron chi connectivity index (χ0n) is 16.9. The Morgan fingerprint density at radius 3 is 2.41 bits per heavy atom. The van der Waals surface area contributed by atoms with Crippen molar-refractivity contribution < 1.29 is 4.79 Å². The van der Waals surface area contributed by atoms with E-state index in [4.69, 9.17) is 0 Å². The molecule has 0 atom stereocenters. The van der Waals surface area contributed by atoms with Crippen LogP contribution >= 0.6 is 12.4 Å². The van der Waals surface area contributed by atoms with Crippen LogP contribution < -0.4 is 16.2 Å². The number of amides is 1. The number of carbonyl (C=O) groups is 1. The van der Waals surface area contributed by atoms with Gasteiger partial charge in [-0.05, 0) is 30.2 Å². The molecule has 154 valence electrons. The van der Waals surface area contributed by atoms with Gasteiger partial charge in [0.25, 0.3) is 11.5 Å². The third-order valence-electron chi connectivity index (χ3n) is 4.45. The van der Waals surface area contributed by atoms with Crippen LogP contribution in [0.3, 0.4) is 0 Å². The highest BCUT2D eigenvalue weighted by atomic mass is 35.5. The summed E-state index contributed by atoms with van der Waals surface area (Å²) in [7, 11) is 0. The zero-order valence-corrected chi connectivity index (χ0v) is 17.8. The van der Waals surface area contributed by atoms with Gasteiger partial charge in [-0.25, -0.2) is 4.68 Å². The fourth-order valence-corrected chi connectivity index (χ4v) is 3.11. The summed E-state index contributed by atoms with van der Waals surface area (Å²) in [6, 6.07) is 14.8. The molecular formula is C22H27ClN4O2. The van der Waals surface area contributed by atoms with Crippen LogP contribution in [-0.4, -0.2) is 22.2 Å². The number of nitrogens with zero attached hydrogens (tertiary/aromatic N) is 2. The largest absolute Gasteiger partial charge is 0.320 e. The van der Waals surface area contributed by atoms with E-state index in [9.17, 15) is 9.59 Å². The first-order valence-electron chi connectivity index (χ1n) is 9.61. The molecule has 3 rings (SSSR count). The molecule has 0 saturated heterocycles. The average Bonchev–Trinajstić information content (AvgIpc) is 2.69. The first-order valence-corrected chi connectivity index (χ1v) is 9.61. The Morgan fingerprint density at radius 2 is 1.72 bits per heavy atom. The minimum absolute atomic E-state index is 0. The molecule has 1 aromatic heterocycles. The van der Waals surface area contributed by atoms with Crippen LogP contribution in [0, 0.1) is 5.92 Å². The molecule has 0 bridgehead atoms. The van der Waals surface area contributed by atoms with E-state index in [0.717, 1.165) is 17.8 Å². The summed E-state index contributed by atoms with van der Waals surface area (Å²) in [5, 5.41) is 11.7. The normalized spacial score (nSPS) is 10.8. The minimum atomic E-state index is -0.322. The van der Waals surface area contributed by atoms with Crippen molar-refractivity contribution in [2.45, 2.75) is 33.9 Å². The van der Waals surface area contributed by atoms with Crippen molar-refractivity contribution in [3.05, 3.63) is 70.1 Å². The second-order valence-corrected chi connectivity index (χ2v) is 7.17. The number of hydrogen-bond donors (Lipinski definition) is 2. The standard InChI is InChI=1S/C22H26N4O2.ClH/c1-4-23-13-16-9-5-8-12-19(16)24-21(27)20-17-10-6-7-11-18(17)22(28)26(25-20)14-15(2)3;/h5-12,15,23H,4,13-14H2,1-3H3,(H,24,27);1H. The number of benzene rings is 2. The van der Waals surface area contributed by atoms with Crippen LogP contribution in [0.2, 0.25) is 0 Å². The molecule has 3 aromatic rings. The van der Waals surface area contributed by atoms with E-state index in [2.05, 4.69) is 15.7 Å². The highest BCUT2D eigenvalue weighted by Gasteiger charge is 2.18. The van der Waals surface area contributed by atoms with Gasteiger partial charge >= 0.3 is 0 Å². The minimum Gasteiger partial charge on any atom is -0.320 e. The summed E-state index contributed by atoms with van der Waals surface area (Å²) in [6.45, 7) is 8.03. The van der Waals surface area contributed by atoms with Crippen LogP contribution in [0.15, 0.2) is 53.3 Å². The molecule has 6 nitrogen and oxygen atoms in total. The van der Waals surface area contributed by atoms with Crippen molar-refractivity contribution >= 4 is 34.8 Å². The van der Waals surface area contributed by atoms with E-state index >= 15 is 0 Å². The van der Waals surface area contributed by atoms with Gasteiger partial charge in [0.2, 0.25) is 0 Å². The van der Waals surface area contributed by atoms with Gasteiger partial charge in [-0.3, -0.25) is 9.59 Å². The summed E-state index contributed by atoms with van der Waals surface area (Å²) >= 11 is 0. The highest BCUT2D eigenvalue weighted by Crippen LogP contribution is 2.19. The van der Waals surface area contributed by atoms with Gasteiger partial charge in [0.15, 0.2) is 5.69 Å². The number of fused-ring (bicyclic) bond motifs is 1. The Balaban J connectivity index is 0.00000300. The van der Waals surface area contributed by atoms with Gasteiger partial charge in [-0.1, -0.05) is 57.2 Å². The summed E-state index contributed by atoms with van der Waals surface area (Å²) in [6.07, 6.45) is 0. The molecule has 0 aliphatic heterocycles. The Labute approximate surface area is 176 Å². The molecule has 1 heterocycles. The molecule has 1 amide bonds. The van der Waals surface area contributed by atoms with Crippen LogP contribution in [0.1, 0.15) is 36.8 Å². The Morgan fingerprint density at radius 1 is 1.07 bits per heavy atom. The molecule has 0 aliphatic rings. The lowest BCUT2D eigenvalue weighted by atomic mass is 10.1. The van der Waals surface area contributed by atoms with Crippen LogP contribution in [0.25, 0.3) is 10.8 Å². The molecule has 0 radical (unpaired) electrons. The van der Waals surface area contributed by atoms with Crippen molar-refractivity contribution in [1.29, 1.82) is 0 Å². The smallest absolute Gasteiger partial charge is 0.276 e. The molecule has 0 saturated carbocycles. The molecule has 29 heavy (non-hydrogen) atoms. The summed E-state index contributed by atoms with van der Waals surface area (Å²) in [4.78, 5) is 25.8. The van der Waals surface area contributed by atoms with Gasteiger partial charge < -0.3 is 10.6 Å². The predicted octanol–water partition coefficient (Wildman–Crippen LogP) is 3.84. The van der Waals surface area contributed by atoms with Gasteiger partial charge in [-0.2, -0.15) is 5.10 Å². The van der Waals surface area contributed by atoms with E-state index in [1.165, 1.54) is 4.68 Å². The Bertz CT molecular complexity index is 1050. The van der Waals surface area contributed by atoms with Crippen LogP contribution in [-0.2, 0) is 13.1 Å². The zero-order chi connectivity index (χ0) is 20.1. The molecular weight excluding hydrogens is 388 g/mol. The van der Waals surface area contributed by atoms with E-state index in [0.29, 0.717) is 23.9 Å². The molecule has 2 N–H and O–H groups in total. The predicted molar refractivity (Wildman–Crippen MR) is 120 cm³/mol. The number of para-hydroxylation sites is 1. The fourth-order valence-electron chi connectivity index (χ4n) is 3.11. The maximum Gasteiger partial charge on any atom is 0.276 e. The Hall–Kier alpha value is -2.70. The van der Waals surface area contributed by atoms with Crippen molar-refractivity contribution in [1.82, 2.24) is 15.1 Å². The lowest BCUT2D eigenvalue weighted by molar-refractivity contribution is 0.102. The number of anilines is 1. The van der Waals surface area contributed by atoms with Crippen LogP contribution in [0.4, 0.5) is 5.69 Å². The molecule has 7 heteroatoms. The second-order valence-electron chi connectivity index (χ2n) is 7.17. The van der Waals surface area contributed by atoms with Crippen molar-refractivity contribution in [2.24, 2.45) is 5.92 Å². The Kier molecular flexibility index (Phi) is 7.93. The van der Waals surface area contributed by atoms with E-state index in [-0.39, 0.29) is 35.5 Å². The van der Waals surface area contributed by atoms with Gasteiger partial charge in [0.05, 0.1) is 5.39 Å². The van der Waals surface area contributed by atoms with Crippen LogP contribution in [0.5, 0.6) is 0 Å². The number of rotatable bonds is 7. The lowest BCUT2D eigenvalue weighted by Crippen LogP contribution is -2.29. The van der Waals surface area contributed by atoms with Gasteiger partial charge in [0.1, 0.15) is 0 Å². The SMILES string of the molecule is CCNCc1ccccc1NC(=O)c1nn(CC(C)C)c(=O)c2ccccc12.Cl. The number of aromatic nitrogens is 2. The number of nitrogens with one attached hydrogen (secondary N) is 2. The van der Waals surface area contributed by atoms with Gasteiger partial charge in [0, 0.05) is 24.2 Å². The molecule has 0 spiro atoms. The number of halogens is 1. The first-order chi connectivity index (χ1) is 13.5. The third kappa shape index (κ3) is 5.22. The van der Waals surface area contributed by atoms with E-state index < -0.39 is 0 Å². The first kappa shape index (κ1) is 22.6. The molecule has 0 unspecified atom stereocenters. The second kappa shape index (κ2) is 10.2. The maximum atomic E-state index is 13.1. The molecule has 0 fully saturated rings. The molecule has 2 aromatic carbocycles. The average molecular weight is 415 g/mol. The summed E-state index contributed by atoms with van der Waals surface area (Å²) in [5.74, 6) is -0.0826.